The fourth-order valence-electron chi connectivity index (χ4n) is 1.65. The van der Waals surface area contributed by atoms with Gasteiger partial charge in [-0.25, -0.2) is 9.78 Å². The number of rotatable bonds is 3. The van der Waals surface area contributed by atoms with Crippen LogP contribution in [0.4, 0.5) is 0 Å². The Labute approximate surface area is 129 Å². The Hall–Kier alpha value is -1.08. The molecule has 0 N–H and O–H groups in total. The van der Waals surface area contributed by atoms with Crippen LogP contribution in [0.15, 0.2) is 30.5 Å². The number of ether oxygens (including phenoxy) is 1. The molecule has 0 unspecified atom stereocenters. The van der Waals surface area contributed by atoms with Gasteiger partial charge in [-0.05, 0) is 53.8 Å². The molecule has 100 valence electrons. The molecule has 0 bridgehead atoms. The molecule has 0 aliphatic carbocycles. The molecule has 2 rings (SSSR count). The van der Waals surface area contributed by atoms with Crippen molar-refractivity contribution < 1.29 is 9.53 Å². The minimum absolute atomic E-state index is 0.372. The van der Waals surface area contributed by atoms with Crippen molar-refractivity contribution in [1.82, 2.24) is 9.55 Å². The van der Waals surface area contributed by atoms with Gasteiger partial charge in [-0.3, -0.25) is 0 Å². The van der Waals surface area contributed by atoms with E-state index in [9.17, 15) is 4.79 Å². The Morgan fingerprint density at radius 3 is 2.58 bits per heavy atom. The lowest BCUT2D eigenvalue weighted by molar-refractivity contribution is 0.0314. The zero-order chi connectivity index (χ0) is 14.0. The summed E-state index contributed by atoms with van der Waals surface area (Å²) in [6.45, 7) is 1.77. The first-order chi connectivity index (χ1) is 8.99. The second kappa shape index (κ2) is 5.92. The predicted molar refractivity (Wildman–Crippen MR) is 81.2 cm³/mol. The molecule has 0 spiro atoms. The maximum absolute atomic E-state index is 12.0. The Balaban J connectivity index is 2.10. The van der Waals surface area contributed by atoms with E-state index in [0.29, 0.717) is 16.5 Å². The Bertz CT molecular complexity index is 595. The highest BCUT2D eigenvalue weighted by atomic mass is 127. The van der Waals surface area contributed by atoms with Crippen LogP contribution in [0.1, 0.15) is 29.2 Å². The van der Waals surface area contributed by atoms with Crippen LogP contribution >= 0.6 is 34.2 Å². The van der Waals surface area contributed by atoms with Gasteiger partial charge >= 0.3 is 5.97 Å². The van der Waals surface area contributed by atoms with E-state index < -0.39 is 6.10 Å². The van der Waals surface area contributed by atoms with Gasteiger partial charge in [0.1, 0.15) is 5.15 Å². The number of esters is 1. The molecule has 0 saturated carbocycles. The van der Waals surface area contributed by atoms with E-state index in [4.69, 9.17) is 16.3 Å². The molecule has 1 aromatic heterocycles. The van der Waals surface area contributed by atoms with Crippen molar-refractivity contribution in [3.8, 4) is 0 Å². The van der Waals surface area contributed by atoms with Crippen molar-refractivity contribution in [1.29, 1.82) is 0 Å². The first-order valence-corrected chi connectivity index (χ1v) is 7.08. The van der Waals surface area contributed by atoms with Gasteiger partial charge in [0.05, 0.1) is 11.8 Å². The van der Waals surface area contributed by atoms with Gasteiger partial charge in [-0.15, -0.1) is 0 Å². The van der Waals surface area contributed by atoms with Crippen molar-refractivity contribution in [2.24, 2.45) is 7.05 Å². The Morgan fingerprint density at radius 2 is 2.05 bits per heavy atom. The van der Waals surface area contributed by atoms with Gasteiger partial charge in [0.25, 0.3) is 0 Å². The topological polar surface area (TPSA) is 44.1 Å². The molecule has 0 fully saturated rings. The molecule has 2 aromatic rings. The first kappa shape index (κ1) is 14.3. The van der Waals surface area contributed by atoms with Crippen molar-refractivity contribution in [2.75, 3.05) is 0 Å². The van der Waals surface area contributed by atoms with Gasteiger partial charge in [-0.1, -0.05) is 11.6 Å². The maximum Gasteiger partial charge on any atom is 0.338 e. The van der Waals surface area contributed by atoms with Crippen LogP contribution in [0.25, 0.3) is 0 Å². The lowest BCUT2D eigenvalue weighted by Gasteiger charge is -2.13. The molecular weight excluding hydrogens is 379 g/mol. The molecule has 0 aliphatic rings. The van der Waals surface area contributed by atoms with Crippen LogP contribution < -0.4 is 0 Å². The molecular formula is C13H12ClIN2O2. The number of imidazole rings is 1. The summed E-state index contributed by atoms with van der Waals surface area (Å²) in [6, 6.07) is 7.20. The fourth-order valence-corrected chi connectivity index (χ4v) is 2.14. The van der Waals surface area contributed by atoms with Gasteiger partial charge in [0.2, 0.25) is 0 Å². The zero-order valence-corrected chi connectivity index (χ0v) is 13.3. The van der Waals surface area contributed by atoms with E-state index in [2.05, 4.69) is 27.6 Å². The molecule has 1 heterocycles. The number of hydrogen-bond acceptors (Lipinski definition) is 3. The van der Waals surface area contributed by atoms with Crippen molar-refractivity contribution in [2.45, 2.75) is 13.0 Å². The number of benzene rings is 1. The lowest BCUT2D eigenvalue weighted by atomic mass is 10.2. The highest BCUT2D eigenvalue weighted by Crippen LogP contribution is 2.20. The normalized spacial score (nSPS) is 12.2. The van der Waals surface area contributed by atoms with E-state index >= 15 is 0 Å². The lowest BCUT2D eigenvalue weighted by Crippen LogP contribution is -2.12. The molecule has 0 radical (unpaired) electrons. The largest absolute Gasteiger partial charge is 0.451 e. The third-order valence-corrected chi connectivity index (χ3v) is 3.77. The molecule has 0 amide bonds. The van der Waals surface area contributed by atoms with E-state index in [1.54, 1.807) is 30.7 Å². The summed E-state index contributed by atoms with van der Waals surface area (Å²) in [5.74, 6) is 0.242. The highest BCUT2D eigenvalue weighted by Gasteiger charge is 2.18. The second-order valence-corrected chi connectivity index (χ2v) is 5.69. The average molecular weight is 391 g/mol. The summed E-state index contributed by atoms with van der Waals surface area (Å²) in [5, 5.41) is 0.507. The highest BCUT2D eigenvalue weighted by molar-refractivity contribution is 14.1. The fraction of sp³-hybridized carbons (Fsp3) is 0.231. The summed E-state index contributed by atoms with van der Waals surface area (Å²) in [4.78, 5) is 16.1. The number of nitrogens with zero attached hydrogens (tertiary/aromatic N) is 2. The molecule has 6 heteroatoms. The van der Waals surface area contributed by atoms with Crippen LogP contribution in [-0.2, 0) is 11.8 Å². The van der Waals surface area contributed by atoms with Gasteiger partial charge in [0, 0.05) is 10.6 Å². The predicted octanol–water partition coefficient (Wildman–Crippen LogP) is 3.60. The van der Waals surface area contributed by atoms with Gasteiger partial charge < -0.3 is 9.30 Å². The number of carbonyl (C=O) groups excluding carboxylic acids is 1. The second-order valence-electron chi connectivity index (χ2n) is 4.05. The minimum atomic E-state index is -0.454. The van der Waals surface area contributed by atoms with E-state index in [0.717, 1.165) is 3.57 Å². The van der Waals surface area contributed by atoms with Crippen molar-refractivity contribution in [3.63, 3.8) is 0 Å². The van der Waals surface area contributed by atoms with Crippen LogP contribution in [0.5, 0.6) is 0 Å². The summed E-state index contributed by atoms with van der Waals surface area (Å²) >= 11 is 8.09. The van der Waals surface area contributed by atoms with Crippen molar-refractivity contribution in [3.05, 3.63) is 50.6 Å². The first-order valence-electron chi connectivity index (χ1n) is 5.62. The minimum Gasteiger partial charge on any atom is -0.451 e. The van der Waals surface area contributed by atoms with E-state index in [1.165, 1.54) is 6.20 Å². The van der Waals surface area contributed by atoms with E-state index in [1.807, 2.05) is 12.1 Å². The summed E-state index contributed by atoms with van der Waals surface area (Å²) in [5.41, 5.74) is 0.521. The average Bonchev–Trinajstić information content (AvgIpc) is 2.70. The van der Waals surface area contributed by atoms with Crippen LogP contribution in [0.3, 0.4) is 0 Å². The molecule has 4 nitrogen and oxygen atoms in total. The molecule has 0 saturated heterocycles. The molecule has 1 aromatic carbocycles. The van der Waals surface area contributed by atoms with Crippen molar-refractivity contribution >= 4 is 40.2 Å². The number of aromatic nitrogens is 2. The van der Waals surface area contributed by atoms with Crippen LogP contribution in [0, 0.1) is 3.57 Å². The van der Waals surface area contributed by atoms with E-state index in [-0.39, 0.29) is 5.97 Å². The third kappa shape index (κ3) is 3.27. The number of hydrogen-bond donors (Lipinski definition) is 0. The maximum atomic E-state index is 12.0. The summed E-state index contributed by atoms with van der Waals surface area (Å²) < 4.78 is 8.13. The Kier molecular flexibility index (Phi) is 4.46. The smallest absolute Gasteiger partial charge is 0.338 e. The standard InChI is InChI=1S/C13H12ClIN2O2/c1-8(12-16-7-11(14)17(12)2)19-13(18)9-3-5-10(15)6-4-9/h3-8H,1-2H3/t8-/m0/s1. The quantitative estimate of drug-likeness (QED) is 0.594. The summed E-state index contributed by atoms with van der Waals surface area (Å²) in [6.07, 6.45) is 1.08. The number of halogens is 2. The third-order valence-electron chi connectivity index (χ3n) is 2.69. The zero-order valence-electron chi connectivity index (χ0n) is 10.4. The van der Waals surface area contributed by atoms with Gasteiger partial charge in [-0.2, -0.15) is 0 Å². The SMILES string of the molecule is C[C@H](OC(=O)c1ccc(I)cc1)c1ncc(Cl)n1C. The monoisotopic (exact) mass is 390 g/mol. The van der Waals surface area contributed by atoms with Crippen LogP contribution in [-0.4, -0.2) is 15.5 Å². The van der Waals surface area contributed by atoms with Crippen LogP contribution in [0.2, 0.25) is 5.15 Å². The molecule has 1 atom stereocenters. The number of carbonyl (C=O) groups is 1. The van der Waals surface area contributed by atoms with Gasteiger partial charge in [0.15, 0.2) is 11.9 Å². The Morgan fingerprint density at radius 1 is 1.42 bits per heavy atom. The molecule has 0 aliphatic heterocycles. The molecule has 19 heavy (non-hydrogen) atoms. The summed E-state index contributed by atoms with van der Waals surface area (Å²) in [7, 11) is 1.78.